The number of hydrogen-bond donors (Lipinski definition) is 1. The number of esters is 1. The first-order chi connectivity index (χ1) is 68.2. The lowest BCUT2D eigenvalue weighted by molar-refractivity contribution is -0.253. The van der Waals surface area contributed by atoms with Crippen molar-refractivity contribution in [3.63, 3.8) is 0 Å². The number of Topliss-reactive ketones (excluding diaryl/α,β-unsaturated/α-hetero) is 1. The predicted molar refractivity (Wildman–Crippen MR) is 579 cm³/mol. The number of nitrogens with zero attached hydrogens (tertiary/aromatic N) is 4. The number of aliphatic hydroxyl groups is 1. The molecule has 0 saturated carbocycles. The smallest absolute Gasteiger partial charge is 0.303 e. The highest BCUT2D eigenvalue weighted by atomic mass is 127. The molecule has 10 aromatic rings. The number of anilines is 2. The van der Waals surface area contributed by atoms with E-state index in [2.05, 4.69) is 160 Å². The number of rotatable bonds is 34. The van der Waals surface area contributed by atoms with E-state index in [9.17, 15) is 63.1 Å². The monoisotopic (exact) mass is 2220 g/mol. The molecule has 28 heteroatoms. The summed E-state index contributed by atoms with van der Waals surface area (Å²) in [7, 11) is -4.19. The molecular formula is C115H126F2I2N4O17S3. The van der Waals surface area contributed by atoms with Crippen LogP contribution in [-0.4, -0.2) is 151 Å². The largest absolute Gasteiger partial charge is 0.458 e. The van der Waals surface area contributed by atoms with Gasteiger partial charge in [0, 0.05) is 91.4 Å². The van der Waals surface area contributed by atoms with Gasteiger partial charge < -0.3 is 43.5 Å². The summed E-state index contributed by atoms with van der Waals surface area (Å²) in [5, 5.41) is 10.5. The van der Waals surface area contributed by atoms with Gasteiger partial charge in [-0.25, -0.2) is 34.0 Å². The fraction of sp³-hybridized carbons (Fsp3) is 0.330. The van der Waals surface area contributed by atoms with Crippen LogP contribution in [0.5, 0.6) is 0 Å². The fourth-order valence-corrected chi connectivity index (χ4v) is 17.5. The van der Waals surface area contributed by atoms with Gasteiger partial charge in [-0.1, -0.05) is 212 Å². The molecule has 3 amide bonds. The third-order valence-electron chi connectivity index (χ3n) is 22.5. The third kappa shape index (κ3) is 41.7. The van der Waals surface area contributed by atoms with Gasteiger partial charge in [0.2, 0.25) is 27.7 Å². The number of terminal acetylenes is 6. The summed E-state index contributed by atoms with van der Waals surface area (Å²) in [4.78, 5) is 64.5. The number of sulfone groups is 2. The summed E-state index contributed by atoms with van der Waals surface area (Å²) in [5.41, 5.74) is 10.9. The first kappa shape index (κ1) is 120. The standard InChI is InChI=1S/C30H32O4.C27H25FINO3.C25H23FINO2.C10H10O2S.C7H11NO.C6H8O.C5H9NO2S.C5H8O2S/c1-3-26-28(31-20-23-14-8-5-9-15-23)30(33-22-25-18-12-7-13-19-25)29(27(4-2)34-26)32-21-24-16-10-6-11-17-24;1-17-3-5-20(6-4-17)26-24(27(32)30(26)23-13-11-22(29)12-14-23)15-16-25(33-18(2)31)19-7-9-21(28)10-8-19;1-16-2-4-18(5-3-16)24-22(14-15-23(29)17-6-8-19(26)9-7-17)25(30)28(24)21-12-10-20(27)11-13-21;1-2-3-9-13(11,12)10-7-5-4-6-8-10;1-4-5-6-7(9)8(2)3;1-3-4-5-6(2)7;1-4-5-6(2)9(3,7)8;1-3-4-5-8(2,6)7/h1,5-19,26-30H,4,20-22H2,2H3;3-14,24-26H,15-16H2,1-2H3;2-13,22-24,29H,14-15H2,1H3;1,4-8H,3,9H2;1H,5-6H2,2-3H3;1H,4-5H2,2H3;1H,5H2,2-3H3;1H,4-5H2,2H3/t26-,27+,28-,29+,30+;24?,25-,26+;22?,23-,24+;;;;;/m000...../s1. The van der Waals surface area contributed by atoms with Gasteiger partial charge in [-0.3, -0.25) is 24.0 Å². The summed E-state index contributed by atoms with van der Waals surface area (Å²) in [5.74, 6) is 13.4. The molecule has 3 heterocycles. The van der Waals surface area contributed by atoms with Crippen molar-refractivity contribution in [2.75, 3.05) is 61.5 Å². The number of halogens is 4. The van der Waals surface area contributed by atoms with Crippen LogP contribution in [0.2, 0.25) is 0 Å². The van der Waals surface area contributed by atoms with Crippen molar-refractivity contribution >= 4 is 116 Å². The topological polar surface area (TPSA) is 267 Å². The van der Waals surface area contributed by atoms with Crippen LogP contribution in [0.25, 0.3) is 0 Å². The first-order valence-electron chi connectivity index (χ1n) is 46.2. The third-order valence-corrected chi connectivity index (χ3v) is 27.9. The molecule has 13 rings (SSSR count). The van der Waals surface area contributed by atoms with Crippen molar-refractivity contribution in [2.45, 2.75) is 185 Å². The molecule has 21 nitrogen and oxygen atoms in total. The number of aryl methyl sites for hydroxylation is 2. The Kier molecular flexibility index (Phi) is 52.4. The molecule has 2 unspecified atom stereocenters. The number of amides is 3. The normalized spacial score (nSPS) is 17.3. The van der Waals surface area contributed by atoms with E-state index in [4.69, 9.17) is 62.2 Å². The van der Waals surface area contributed by atoms with Crippen LogP contribution in [-0.2, 0) is 97.2 Å². The van der Waals surface area contributed by atoms with Gasteiger partial charge in [0.25, 0.3) is 0 Å². The number of aliphatic hydroxyl groups excluding tert-OH is 1. The second-order valence-corrected chi connectivity index (χ2v) is 42.9. The maximum atomic E-state index is 13.4. The maximum absolute atomic E-state index is 13.4. The Morgan fingerprint density at radius 1 is 0.490 bits per heavy atom. The maximum Gasteiger partial charge on any atom is 0.303 e. The average Bonchev–Trinajstić information content (AvgIpc) is 0.741. The first-order valence-corrected chi connectivity index (χ1v) is 53.9. The van der Waals surface area contributed by atoms with E-state index < -0.39 is 60.1 Å². The van der Waals surface area contributed by atoms with Crippen LogP contribution in [0.3, 0.4) is 0 Å². The highest BCUT2D eigenvalue weighted by Crippen LogP contribution is 2.49. The van der Waals surface area contributed by atoms with Gasteiger partial charge in [-0.15, -0.1) is 62.2 Å². The number of hydrogen-bond acceptors (Lipinski definition) is 17. The molecule has 143 heavy (non-hydrogen) atoms. The van der Waals surface area contributed by atoms with Crippen molar-refractivity contribution in [3.8, 4) is 74.1 Å². The zero-order valence-electron chi connectivity index (χ0n) is 82.2. The molecule has 0 aliphatic carbocycles. The summed E-state index contributed by atoms with van der Waals surface area (Å²) in [6.45, 7) is 10.5. The van der Waals surface area contributed by atoms with E-state index in [1.165, 1.54) is 61.9 Å². The van der Waals surface area contributed by atoms with Crippen LogP contribution < -0.4 is 9.80 Å². The van der Waals surface area contributed by atoms with Gasteiger partial charge >= 0.3 is 5.97 Å². The number of ether oxygens (including phenoxy) is 5. The molecule has 3 aliphatic rings. The minimum atomic E-state index is -3.16. The Morgan fingerprint density at radius 2 is 0.881 bits per heavy atom. The molecule has 3 aliphatic heterocycles. The Labute approximate surface area is 872 Å². The van der Waals surface area contributed by atoms with E-state index in [1.54, 1.807) is 68.7 Å². The second-order valence-electron chi connectivity index (χ2n) is 33.9. The molecule has 10 aromatic carbocycles. The predicted octanol–water partition coefficient (Wildman–Crippen LogP) is 20.6. The molecule has 0 spiro atoms. The minimum absolute atomic E-state index is 0.0213. The van der Waals surface area contributed by atoms with Gasteiger partial charge in [0.1, 0.15) is 57.8 Å². The number of β-lactam (4-membered cyclic amide) rings is 2. The second kappa shape index (κ2) is 62.6. The summed E-state index contributed by atoms with van der Waals surface area (Å²) in [6.07, 6.45) is 35.1. The SMILES string of the molecule is C#CCCC(=O)N(C)C.C#CCCC(C)=O.C#CCCS(=O)(=O)c1ccccc1.C#CCCS(C)(=O)=O.C#CCN(C)S(C)(=O)=O.C#C[C@@H]1O[C@H](CC)[C@@H](OCc2ccccc2)[C@H](OCc2ccccc2)[C@H]1OCc1ccccc1.CC(=O)O[C@@H](CCC1C(=O)N(c2ccc(I)cc2)[C@@H]1c1ccc(C)cc1)c1ccc(F)cc1.Cc1ccc([C@@H]2C(CC[C@H](O)c3ccc(F)cc3)C(=O)N2c2ccc(I)cc2)cc1. The van der Waals surface area contributed by atoms with E-state index in [-0.39, 0.29) is 102 Å². The lowest BCUT2D eigenvalue weighted by atomic mass is 9.78. The minimum Gasteiger partial charge on any atom is -0.458 e. The highest BCUT2D eigenvalue weighted by molar-refractivity contribution is 14.1. The van der Waals surface area contributed by atoms with Crippen LogP contribution >= 0.6 is 45.2 Å². The molecule has 11 atom stereocenters. The van der Waals surface area contributed by atoms with Crippen LogP contribution in [0.15, 0.2) is 272 Å². The van der Waals surface area contributed by atoms with Crippen LogP contribution in [0.4, 0.5) is 20.2 Å². The summed E-state index contributed by atoms with van der Waals surface area (Å²) >= 11 is 4.50. The molecular weight excluding hydrogens is 2100 g/mol. The zero-order valence-corrected chi connectivity index (χ0v) is 89.0. The van der Waals surface area contributed by atoms with Crippen molar-refractivity contribution in [2.24, 2.45) is 11.8 Å². The Morgan fingerprint density at radius 3 is 1.24 bits per heavy atom. The van der Waals surface area contributed by atoms with E-state index in [0.29, 0.717) is 88.1 Å². The van der Waals surface area contributed by atoms with Crippen molar-refractivity contribution in [1.82, 2.24) is 9.21 Å². The van der Waals surface area contributed by atoms with Crippen molar-refractivity contribution in [1.29, 1.82) is 0 Å². The molecule has 0 aromatic heterocycles. The summed E-state index contributed by atoms with van der Waals surface area (Å²) in [6, 6.07) is 82.7. The van der Waals surface area contributed by atoms with E-state index in [1.807, 2.05) is 139 Å². The fourth-order valence-electron chi connectivity index (χ4n) is 14.8. The number of sulfonamides is 1. The molecule has 754 valence electrons. The molecule has 1 N–H and O–H groups in total. The zero-order chi connectivity index (χ0) is 105. The van der Waals surface area contributed by atoms with Crippen molar-refractivity contribution < 1.29 is 86.8 Å². The van der Waals surface area contributed by atoms with Gasteiger partial charge in [-0.05, 0) is 222 Å². The van der Waals surface area contributed by atoms with Gasteiger partial charge in [0.05, 0.1) is 85.1 Å². The van der Waals surface area contributed by atoms with Crippen LogP contribution in [0.1, 0.15) is 166 Å². The van der Waals surface area contributed by atoms with Gasteiger partial charge in [-0.2, -0.15) is 4.31 Å². The lowest BCUT2D eigenvalue weighted by Gasteiger charge is -2.48. The Hall–Kier alpha value is -12.0. The molecule has 0 radical (unpaired) electrons. The Bertz CT molecular complexity index is 6260. The van der Waals surface area contributed by atoms with Crippen LogP contribution in [0, 0.1) is 119 Å². The average molecular weight is 2220 g/mol. The number of carbonyl (C=O) groups excluding carboxylic acids is 5. The molecule has 3 saturated heterocycles. The molecule has 3 fully saturated rings. The number of ketones is 1. The molecule has 0 bridgehead atoms. The lowest BCUT2D eigenvalue weighted by Crippen LogP contribution is -2.59. The highest BCUT2D eigenvalue weighted by Gasteiger charge is 2.51. The van der Waals surface area contributed by atoms with Crippen molar-refractivity contribution in [3.05, 3.63) is 336 Å². The van der Waals surface area contributed by atoms with E-state index >= 15 is 0 Å². The summed E-state index contributed by atoms with van der Waals surface area (Å²) < 4.78 is 126. The van der Waals surface area contributed by atoms with Gasteiger partial charge in [0.15, 0.2) is 9.84 Å². The number of benzene rings is 10. The Balaban J connectivity index is 0.000000269. The quantitative estimate of drug-likeness (QED) is 0.0170. The van der Waals surface area contributed by atoms with E-state index in [0.717, 1.165) is 74.4 Å². The number of carbonyl (C=O) groups is 5.